The zero-order valence-corrected chi connectivity index (χ0v) is 32.0. The Morgan fingerprint density at radius 2 is 1.63 bits per heavy atom. The van der Waals surface area contributed by atoms with Crippen LogP contribution in [0.3, 0.4) is 0 Å². The number of amides is 2. The van der Waals surface area contributed by atoms with Crippen molar-refractivity contribution in [3.05, 3.63) is 53.4 Å². The molecule has 0 radical (unpaired) electrons. The minimum absolute atomic E-state index is 0.00489. The van der Waals surface area contributed by atoms with Crippen molar-refractivity contribution in [3.8, 4) is 16.9 Å². The van der Waals surface area contributed by atoms with E-state index in [1.165, 1.54) is 31.7 Å². The smallest absolute Gasteiger partial charge is 0.408 e. The summed E-state index contributed by atoms with van der Waals surface area (Å²) in [6.07, 6.45) is 5.32. The van der Waals surface area contributed by atoms with Crippen molar-refractivity contribution in [2.45, 2.75) is 99.6 Å². The van der Waals surface area contributed by atoms with Gasteiger partial charge in [-0.15, -0.1) is 0 Å². The largest absolute Gasteiger partial charge is 0.496 e. The van der Waals surface area contributed by atoms with E-state index in [0.717, 1.165) is 12.8 Å². The molecule has 2 aromatic rings. The number of ether oxygens (including phenoxy) is 4. The van der Waals surface area contributed by atoms with Gasteiger partial charge in [0, 0.05) is 23.2 Å². The van der Waals surface area contributed by atoms with Gasteiger partial charge >= 0.3 is 18.0 Å². The number of esters is 2. The van der Waals surface area contributed by atoms with Crippen molar-refractivity contribution in [3.63, 3.8) is 0 Å². The van der Waals surface area contributed by atoms with Crippen molar-refractivity contribution in [2.75, 3.05) is 26.9 Å². The van der Waals surface area contributed by atoms with E-state index < -0.39 is 35.6 Å². The van der Waals surface area contributed by atoms with Crippen LogP contribution in [0.5, 0.6) is 5.75 Å². The fourth-order valence-electron chi connectivity index (χ4n) is 4.43. The van der Waals surface area contributed by atoms with Crippen LogP contribution in [0, 0.1) is 11.8 Å². The summed E-state index contributed by atoms with van der Waals surface area (Å²) in [6, 6.07) is 5.15. The number of nitrogens with zero attached hydrogens (tertiary/aromatic N) is 1. The summed E-state index contributed by atoms with van der Waals surface area (Å²) < 4.78 is 21.5. The van der Waals surface area contributed by atoms with Crippen LogP contribution in [0.4, 0.5) is 4.79 Å². The molecule has 12 nitrogen and oxygen atoms in total. The summed E-state index contributed by atoms with van der Waals surface area (Å²) in [5.74, 6) is -1.50. The Kier molecular flexibility index (Phi) is 19.2. The van der Waals surface area contributed by atoms with Gasteiger partial charge in [-0.25, -0.2) is 19.4 Å². The molecule has 1 aromatic carbocycles. The van der Waals surface area contributed by atoms with E-state index in [1.54, 1.807) is 39.8 Å². The molecular weight excluding hydrogens is 654 g/mol. The van der Waals surface area contributed by atoms with Gasteiger partial charge in [0.2, 0.25) is 0 Å². The number of nitrogens with one attached hydrogen (secondary N) is 2. The molecular formula is C39H57N3O9. The lowest BCUT2D eigenvalue weighted by Gasteiger charge is -2.25. The van der Waals surface area contributed by atoms with Crippen LogP contribution in [0.15, 0.2) is 30.8 Å². The molecule has 0 spiro atoms. The molecule has 0 aliphatic heterocycles. The standard InChI is InChI=1S/C34H43N3O9.C3H8.C2H6/c1-8-20(3)28(37-33(42)46-34(4,5)6)31(40)44-14-15-45-32(41)29-24(12-13-26(36-29)30(39)35-18-21-10-11-21)25-17-27(43-7)22(9-2)16-23(25)19-38;1-3-2;1-2/h9,12-13,16-17,19-21,28H,2,8,10-11,14-15,18H2,1,3-7H3,(H,35,39)(H,37,42);3H2,1-2H3;1-2H3. The van der Waals surface area contributed by atoms with Crippen LogP contribution in [0.1, 0.15) is 125 Å². The van der Waals surface area contributed by atoms with Gasteiger partial charge < -0.3 is 29.6 Å². The topological polar surface area (TPSA) is 159 Å². The summed E-state index contributed by atoms with van der Waals surface area (Å²) in [6.45, 7) is 20.6. The molecule has 282 valence electrons. The van der Waals surface area contributed by atoms with Crippen LogP contribution in [-0.2, 0) is 19.0 Å². The summed E-state index contributed by atoms with van der Waals surface area (Å²) in [5.41, 5.74) is 0.393. The van der Waals surface area contributed by atoms with E-state index in [1.807, 2.05) is 20.8 Å². The fourth-order valence-corrected chi connectivity index (χ4v) is 4.43. The number of aromatic nitrogens is 1. The summed E-state index contributed by atoms with van der Waals surface area (Å²) in [5, 5.41) is 5.38. The quantitative estimate of drug-likeness (QED) is 0.0823. The Labute approximate surface area is 303 Å². The van der Waals surface area contributed by atoms with Crippen LogP contribution < -0.4 is 15.4 Å². The second-order valence-corrected chi connectivity index (χ2v) is 12.8. The minimum atomic E-state index is -0.982. The number of alkyl carbamates (subject to hydrolysis) is 1. The Hall–Kier alpha value is -4.74. The molecule has 51 heavy (non-hydrogen) atoms. The van der Waals surface area contributed by atoms with Crippen LogP contribution in [0.2, 0.25) is 0 Å². The monoisotopic (exact) mass is 711 g/mol. The number of aldehydes is 1. The lowest BCUT2D eigenvalue weighted by molar-refractivity contribution is -0.148. The molecule has 3 rings (SSSR count). The maximum atomic E-state index is 13.4. The summed E-state index contributed by atoms with van der Waals surface area (Å²) in [4.78, 5) is 67.8. The van der Waals surface area contributed by atoms with E-state index in [-0.39, 0.29) is 41.6 Å². The Morgan fingerprint density at radius 1 is 1.00 bits per heavy atom. The maximum Gasteiger partial charge on any atom is 0.408 e. The molecule has 1 aromatic heterocycles. The molecule has 2 N–H and O–H groups in total. The molecule has 0 saturated heterocycles. The van der Waals surface area contributed by atoms with Gasteiger partial charge in [-0.2, -0.15) is 0 Å². The first kappa shape index (κ1) is 44.3. The highest BCUT2D eigenvalue weighted by Gasteiger charge is 2.30. The Bertz CT molecular complexity index is 1480. The average molecular weight is 712 g/mol. The highest BCUT2D eigenvalue weighted by atomic mass is 16.6. The number of carbonyl (C=O) groups excluding carboxylic acids is 5. The lowest BCUT2D eigenvalue weighted by atomic mass is 9.95. The molecule has 1 aliphatic rings. The molecule has 1 aliphatic carbocycles. The second kappa shape index (κ2) is 22.2. The second-order valence-electron chi connectivity index (χ2n) is 12.8. The third-order valence-electron chi connectivity index (χ3n) is 7.31. The van der Waals surface area contributed by atoms with Crippen molar-refractivity contribution in [1.29, 1.82) is 0 Å². The van der Waals surface area contributed by atoms with E-state index in [9.17, 15) is 24.0 Å². The van der Waals surface area contributed by atoms with Crippen molar-refractivity contribution >= 4 is 36.3 Å². The molecule has 2 atom stereocenters. The summed E-state index contributed by atoms with van der Waals surface area (Å²) in [7, 11) is 1.46. The van der Waals surface area contributed by atoms with Gasteiger partial charge in [-0.1, -0.05) is 67.0 Å². The van der Waals surface area contributed by atoms with Crippen LogP contribution in [0.25, 0.3) is 17.2 Å². The molecule has 1 fully saturated rings. The van der Waals surface area contributed by atoms with Crippen molar-refractivity contribution in [1.82, 2.24) is 15.6 Å². The molecule has 2 unspecified atom stereocenters. The maximum absolute atomic E-state index is 13.4. The van der Waals surface area contributed by atoms with Gasteiger partial charge in [-0.3, -0.25) is 9.59 Å². The first-order valence-electron chi connectivity index (χ1n) is 17.7. The van der Waals surface area contributed by atoms with E-state index in [0.29, 0.717) is 42.0 Å². The normalized spacial score (nSPS) is 13.0. The van der Waals surface area contributed by atoms with Crippen LogP contribution in [-0.4, -0.2) is 73.7 Å². The SMILES string of the molecule is C=Cc1cc(C=O)c(-c2ccc(C(=O)NCC3CC3)nc2C(=O)OCCOC(=O)C(NC(=O)OC(C)(C)C)C(C)CC)cc1OC.CC.CCC. The molecule has 12 heteroatoms. The first-order valence-corrected chi connectivity index (χ1v) is 17.7. The van der Waals surface area contributed by atoms with Gasteiger partial charge in [-0.05, 0) is 75.3 Å². The number of carbonyl (C=O) groups is 5. The van der Waals surface area contributed by atoms with Crippen molar-refractivity contribution in [2.24, 2.45) is 11.8 Å². The first-order chi connectivity index (χ1) is 24.2. The zero-order chi connectivity index (χ0) is 38.7. The highest BCUT2D eigenvalue weighted by molar-refractivity contribution is 6.01. The highest BCUT2D eigenvalue weighted by Crippen LogP contribution is 2.33. The fraction of sp³-hybridized carbons (Fsp3) is 0.538. The number of methoxy groups -OCH3 is 1. The Morgan fingerprint density at radius 3 is 2.16 bits per heavy atom. The Balaban J connectivity index is 0.00000246. The predicted molar refractivity (Wildman–Crippen MR) is 198 cm³/mol. The third kappa shape index (κ3) is 14.6. The van der Waals surface area contributed by atoms with Gasteiger partial charge in [0.1, 0.15) is 36.3 Å². The van der Waals surface area contributed by atoms with Crippen LogP contribution >= 0.6 is 0 Å². The third-order valence-corrected chi connectivity index (χ3v) is 7.31. The lowest BCUT2D eigenvalue weighted by Crippen LogP contribution is -2.47. The summed E-state index contributed by atoms with van der Waals surface area (Å²) >= 11 is 0. The predicted octanol–water partition coefficient (Wildman–Crippen LogP) is 7.43. The van der Waals surface area contributed by atoms with E-state index in [2.05, 4.69) is 36.0 Å². The number of pyridine rings is 1. The number of hydrogen-bond donors (Lipinski definition) is 2. The van der Waals surface area contributed by atoms with Gasteiger partial charge in [0.25, 0.3) is 5.91 Å². The number of rotatable bonds is 15. The average Bonchev–Trinajstić information content (AvgIpc) is 3.95. The zero-order valence-electron chi connectivity index (χ0n) is 32.0. The molecule has 1 saturated carbocycles. The number of hydrogen-bond acceptors (Lipinski definition) is 10. The van der Waals surface area contributed by atoms with Gasteiger partial charge in [0.05, 0.1) is 7.11 Å². The minimum Gasteiger partial charge on any atom is -0.496 e. The molecule has 1 heterocycles. The molecule has 0 bridgehead atoms. The van der Waals surface area contributed by atoms with Gasteiger partial charge in [0.15, 0.2) is 12.0 Å². The van der Waals surface area contributed by atoms with E-state index >= 15 is 0 Å². The van der Waals surface area contributed by atoms with Crippen molar-refractivity contribution < 1.29 is 42.9 Å². The van der Waals surface area contributed by atoms with E-state index in [4.69, 9.17) is 18.9 Å². The molecule has 2 amide bonds. The number of benzene rings is 1.